The Morgan fingerprint density at radius 2 is 1.86 bits per heavy atom. The summed E-state index contributed by atoms with van der Waals surface area (Å²) in [4.78, 5) is 0. The Labute approximate surface area is 122 Å². The lowest BCUT2D eigenvalue weighted by Crippen LogP contribution is -2.03. The van der Waals surface area contributed by atoms with Gasteiger partial charge in [-0.1, -0.05) is 10.3 Å². The third-order valence-corrected chi connectivity index (χ3v) is 3.81. The van der Waals surface area contributed by atoms with Crippen LogP contribution in [0, 0.1) is 0 Å². The van der Waals surface area contributed by atoms with Crippen molar-refractivity contribution in [3.63, 3.8) is 0 Å². The Morgan fingerprint density at radius 1 is 1.10 bits per heavy atom. The molecule has 112 valence electrons. The summed E-state index contributed by atoms with van der Waals surface area (Å²) in [6.45, 7) is 0.870. The number of halogens is 1. The Kier molecular flexibility index (Phi) is 3.62. The summed E-state index contributed by atoms with van der Waals surface area (Å²) in [6, 6.07) is 6.07. The minimum absolute atomic E-state index is 0.0724. The maximum atomic E-state index is 12.4. The number of hydrogen-bond donors (Lipinski definition) is 0. The van der Waals surface area contributed by atoms with Crippen LogP contribution in [0.3, 0.4) is 0 Å². The molecule has 0 unspecified atom stereocenters. The van der Waals surface area contributed by atoms with Crippen molar-refractivity contribution in [3.8, 4) is 17.1 Å². The van der Waals surface area contributed by atoms with E-state index in [2.05, 4.69) is 18.9 Å². The van der Waals surface area contributed by atoms with Crippen LogP contribution in [0.25, 0.3) is 11.4 Å². The van der Waals surface area contributed by atoms with Crippen LogP contribution in [0.4, 0.5) is 3.89 Å². The summed E-state index contributed by atoms with van der Waals surface area (Å²) in [6.07, 6.45) is 4.27. The molecular formula is C13H14FN3O3S. The molecule has 8 heteroatoms. The van der Waals surface area contributed by atoms with Gasteiger partial charge in [0.1, 0.15) is 11.6 Å². The van der Waals surface area contributed by atoms with E-state index >= 15 is 0 Å². The smallest absolute Gasteiger partial charge is 0.358 e. The quantitative estimate of drug-likeness (QED) is 0.813. The first-order chi connectivity index (χ1) is 10.0. The van der Waals surface area contributed by atoms with Crippen molar-refractivity contribution < 1.29 is 16.5 Å². The molecule has 0 saturated heterocycles. The summed E-state index contributed by atoms with van der Waals surface area (Å²) in [7, 11) is -5.00. The molecule has 1 aliphatic heterocycles. The van der Waals surface area contributed by atoms with Crippen LogP contribution in [0.2, 0.25) is 0 Å². The van der Waals surface area contributed by atoms with Gasteiger partial charge in [-0.15, -0.1) is 10.2 Å². The van der Waals surface area contributed by atoms with Gasteiger partial charge in [0.25, 0.3) is 0 Å². The summed E-state index contributed by atoms with van der Waals surface area (Å²) < 4.78 is 39.5. The zero-order valence-corrected chi connectivity index (χ0v) is 12.0. The molecule has 1 aliphatic rings. The van der Waals surface area contributed by atoms with Crippen molar-refractivity contribution in [1.82, 2.24) is 14.8 Å². The highest BCUT2D eigenvalue weighted by atomic mass is 32.3. The molecule has 0 aliphatic carbocycles. The van der Waals surface area contributed by atoms with Crippen molar-refractivity contribution in [2.75, 3.05) is 0 Å². The molecule has 0 amide bonds. The summed E-state index contributed by atoms with van der Waals surface area (Å²) in [5.41, 5.74) is 0.791. The molecule has 2 aromatic rings. The fraction of sp³-hybridized carbons (Fsp3) is 0.385. The lowest BCUT2D eigenvalue weighted by Gasteiger charge is -2.07. The van der Waals surface area contributed by atoms with Gasteiger partial charge in [-0.3, -0.25) is 0 Å². The van der Waals surface area contributed by atoms with Gasteiger partial charge >= 0.3 is 10.5 Å². The highest BCUT2D eigenvalue weighted by molar-refractivity contribution is 7.81. The number of hydrogen-bond acceptors (Lipinski definition) is 5. The van der Waals surface area contributed by atoms with E-state index in [1.807, 2.05) is 0 Å². The molecule has 2 heterocycles. The topological polar surface area (TPSA) is 74.1 Å². The van der Waals surface area contributed by atoms with Gasteiger partial charge in [0.2, 0.25) is 0 Å². The number of nitrogens with zero attached hydrogens (tertiary/aromatic N) is 3. The van der Waals surface area contributed by atoms with Crippen molar-refractivity contribution >= 4 is 10.5 Å². The second-order valence-corrected chi connectivity index (χ2v) is 5.86. The number of aromatic nitrogens is 3. The molecule has 0 saturated carbocycles. The molecule has 0 N–H and O–H groups in total. The number of rotatable bonds is 3. The standard InChI is InChI=1S/C13H14FN3O3S/c14-21(18,19)20-11-7-5-10(6-8-11)13-16-15-12-4-2-1-3-9-17(12)13/h5-8H,1-4,9H2. The summed E-state index contributed by atoms with van der Waals surface area (Å²) in [5, 5.41) is 8.39. The van der Waals surface area contributed by atoms with Gasteiger partial charge in [-0.05, 0) is 37.1 Å². The molecule has 6 nitrogen and oxygen atoms in total. The third kappa shape index (κ3) is 3.21. The van der Waals surface area contributed by atoms with Gasteiger partial charge in [0.15, 0.2) is 5.82 Å². The van der Waals surface area contributed by atoms with Gasteiger partial charge in [0.05, 0.1) is 0 Å². The van der Waals surface area contributed by atoms with Gasteiger partial charge < -0.3 is 8.75 Å². The SMILES string of the molecule is O=S(=O)(F)Oc1ccc(-c2nnc3n2CCCCC3)cc1. The Balaban J connectivity index is 1.89. The number of aryl methyl sites for hydroxylation is 1. The van der Waals surface area contributed by atoms with Crippen LogP contribution in [0.15, 0.2) is 24.3 Å². The molecule has 3 rings (SSSR count). The summed E-state index contributed by atoms with van der Waals surface area (Å²) >= 11 is 0. The van der Waals surface area contributed by atoms with E-state index in [0.717, 1.165) is 43.0 Å². The fourth-order valence-electron chi connectivity index (χ4n) is 2.47. The zero-order chi connectivity index (χ0) is 14.9. The van der Waals surface area contributed by atoms with Crippen molar-refractivity contribution in [1.29, 1.82) is 0 Å². The summed E-state index contributed by atoms with van der Waals surface area (Å²) in [5.74, 6) is 1.63. The lowest BCUT2D eigenvalue weighted by atomic mass is 10.2. The Bertz CT molecular complexity index is 741. The average molecular weight is 311 g/mol. The normalized spacial score (nSPS) is 15.3. The van der Waals surface area contributed by atoms with E-state index in [0.29, 0.717) is 0 Å². The molecule has 0 radical (unpaired) electrons. The van der Waals surface area contributed by atoms with Crippen LogP contribution in [-0.4, -0.2) is 23.2 Å². The highest BCUT2D eigenvalue weighted by Gasteiger charge is 2.16. The Morgan fingerprint density at radius 3 is 2.57 bits per heavy atom. The largest absolute Gasteiger partial charge is 0.488 e. The zero-order valence-electron chi connectivity index (χ0n) is 11.2. The van der Waals surface area contributed by atoms with E-state index in [1.165, 1.54) is 18.6 Å². The first-order valence-electron chi connectivity index (χ1n) is 6.69. The third-order valence-electron chi connectivity index (χ3n) is 3.42. The first kappa shape index (κ1) is 14.0. The van der Waals surface area contributed by atoms with Crippen LogP contribution < -0.4 is 4.18 Å². The monoisotopic (exact) mass is 311 g/mol. The minimum Gasteiger partial charge on any atom is -0.358 e. The van der Waals surface area contributed by atoms with E-state index < -0.39 is 10.5 Å². The first-order valence-corrected chi connectivity index (χ1v) is 8.00. The second kappa shape index (κ2) is 5.44. The van der Waals surface area contributed by atoms with Gasteiger partial charge in [0, 0.05) is 18.5 Å². The molecule has 0 atom stereocenters. The average Bonchev–Trinajstić information content (AvgIpc) is 2.67. The van der Waals surface area contributed by atoms with E-state index in [4.69, 9.17) is 0 Å². The Hall–Kier alpha value is -1.96. The molecule has 0 spiro atoms. The van der Waals surface area contributed by atoms with E-state index in [1.54, 1.807) is 12.1 Å². The lowest BCUT2D eigenvalue weighted by molar-refractivity contribution is 0.440. The van der Waals surface area contributed by atoms with E-state index in [9.17, 15) is 12.3 Å². The molecule has 21 heavy (non-hydrogen) atoms. The van der Waals surface area contributed by atoms with Crippen LogP contribution in [-0.2, 0) is 23.5 Å². The maximum absolute atomic E-state index is 12.4. The van der Waals surface area contributed by atoms with E-state index in [-0.39, 0.29) is 5.75 Å². The van der Waals surface area contributed by atoms with Crippen molar-refractivity contribution in [3.05, 3.63) is 30.1 Å². The van der Waals surface area contributed by atoms with Crippen molar-refractivity contribution in [2.45, 2.75) is 32.2 Å². The highest BCUT2D eigenvalue weighted by Crippen LogP contribution is 2.25. The predicted octanol–water partition coefficient (Wildman–Crippen LogP) is 2.26. The molecule has 0 bridgehead atoms. The number of fused-ring (bicyclic) bond motifs is 1. The van der Waals surface area contributed by atoms with Crippen molar-refractivity contribution in [2.24, 2.45) is 0 Å². The molecule has 1 aromatic heterocycles. The predicted molar refractivity (Wildman–Crippen MR) is 73.7 cm³/mol. The minimum atomic E-state index is -5.00. The van der Waals surface area contributed by atoms with Gasteiger partial charge in [-0.2, -0.15) is 8.42 Å². The number of benzene rings is 1. The van der Waals surface area contributed by atoms with Gasteiger partial charge in [-0.25, -0.2) is 0 Å². The molecule has 0 fully saturated rings. The molecule has 1 aromatic carbocycles. The van der Waals surface area contributed by atoms with Crippen LogP contribution in [0.1, 0.15) is 25.1 Å². The fourth-order valence-corrected chi connectivity index (χ4v) is 2.81. The van der Waals surface area contributed by atoms with Crippen LogP contribution >= 0.6 is 0 Å². The van der Waals surface area contributed by atoms with Crippen LogP contribution in [0.5, 0.6) is 5.75 Å². The molecular weight excluding hydrogens is 297 g/mol. The maximum Gasteiger partial charge on any atom is 0.488 e. The second-order valence-electron chi connectivity index (χ2n) is 4.90.